The highest BCUT2D eigenvalue weighted by Crippen LogP contribution is 2.23. The molecule has 0 bridgehead atoms. The zero-order chi connectivity index (χ0) is 20.5. The first kappa shape index (κ1) is 24.6. The van der Waals surface area contributed by atoms with Gasteiger partial charge in [0, 0.05) is 33.2 Å². The number of sulfonamides is 1. The SMILES string of the molecule is CN=C(NCCc1ccccc1)NCC1CCN(S(=O)(=O)c2ccccc2)CC1.I. The number of halogens is 1. The van der Waals surface area contributed by atoms with E-state index < -0.39 is 10.0 Å². The number of rotatable bonds is 7. The van der Waals surface area contributed by atoms with Crippen LogP contribution < -0.4 is 10.6 Å². The van der Waals surface area contributed by atoms with Gasteiger partial charge in [-0.15, -0.1) is 24.0 Å². The third kappa shape index (κ3) is 6.95. The summed E-state index contributed by atoms with van der Waals surface area (Å²) in [4.78, 5) is 4.66. The number of aliphatic imine (C=N–C) groups is 1. The van der Waals surface area contributed by atoms with Crippen molar-refractivity contribution >= 4 is 40.0 Å². The fourth-order valence-electron chi connectivity index (χ4n) is 3.53. The molecule has 1 aliphatic heterocycles. The largest absolute Gasteiger partial charge is 0.356 e. The van der Waals surface area contributed by atoms with Crippen LogP contribution >= 0.6 is 24.0 Å². The Balaban J connectivity index is 0.00000320. The minimum Gasteiger partial charge on any atom is -0.356 e. The summed E-state index contributed by atoms with van der Waals surface area (Å²) in [6.07, 6.45) is 2.64. The van der Waals surface area contributed by atoms with Crippen LogP contribution in [-0.2, 0) is 16.4 Å². The predicted octanol–water partition coefficient (Wildman–Crippen LogP) is 3.11. The highest BCUT2D eigenvalue weighted by molar-refractivity contribution is 14.0. The molecule has 3 rings (SSSR count). The van der Waals surface area contributed by atoms with E-state index in [9.17, 15) is 8.42 Å². The number of nitrogens with one attached hydrogen (secondary N) is 2. The Kier molecular flexibility index (Phi) is 10.1. The van der Waals surface area contributed by atoms with Crippen molar-refractivity contribution in [1.29, 1.82) is 0 Å². The molecule has 8 heteroatoms. The molecule has 0 spiro atoms. The average molecular weight is 542 g/mol. The van der Waals surface area contributed by atoms with E-state index in [1.807, 2.05) is 24.3 Å². The molecule has 6 nitrogen and oxygen atoms in total. The normalized spacial score (nSPS) is 16.0. The lowest BCUT2D eigenvalue weighted by Gasteiger charge is -2.31. The van der Waals surface area contributed by atoms with Crippen molar-refractivity contribution < 1.29 is 8.42 Å². The molecule has 2 aromatic carbocycles. The molecule has 0 radical (unpaired) electrons. The third-order valence-corrected chi connectivity index (χ3v) is 7.20. The van der Waals surface area contributed by atoms with Gasteiger partial charge >= 0.3 is 0 Å². The first-order valence-electron chi connectivity index (χ1n) is 10.1. The molecule has 1 aliphatic rings. The lowest BCUT2D eigenvalue weighted by Crippen LogP contribution is -2.44. The van der Waals surface area contributed by atoms with Crippen LogP contribution in [0.4, 0.5) is 0 Å². The lowest BCUT2D eigenvalue weighted by molar-refractivity contribution is 0.273. The maximum atomic E-state index is 12.7. The van der Waals surface area contributed by atoms with Crippen LogP contribution in [0.5, 0.6) is 0 Å². The molecule has 2 aromatic rings. The number of hydrogen-bond donors (Lipinski definition) is 2. The minimum absolute atomic E-state index is 0. The molecule has 164 valence electrons. The maximum Gasteiger partial charge on any atom is 0.243 e. The Hall–Kier alpha value is -1.65. The van der Waals surface area contributed by atoms with E-state index >= 15 is 0 Å². The topological polar surface area (TPSA) is 73.8 Å². The molecule has 30 heavy (non-hydrogen) atoms. The van der Waals surface area contributed by atoms with Gasteiger partial charge in [-0.1, -0.05) is 48.5 Å². The molecule has 0 atom stereocenters. The minimum atomic E-state index is -3.38. The second kappa shape index (κ2) is 12.3. The number of piperidine rings is 1. The van der Waals surface area contributed by atoms with Crippen LogP contribution in [0.3, 0.4) is 0 Å². The van der Waals surface area contributed by atoms with E-state index in [1.165, 1.54) is 5.56 Å². The third-order valence-electron chi connectivity index (χ3n) is 5.29. The molecule has 0 aromatic heterocycles. The number of nitrogens with zero attached hydrogens (tertiary/aromatic N) is 2. The first-order valence-corrected chi connectivity index (χ1v) is 11.6. The highest BCUT2D eigenvalue weighted by Gasteiger charge is 2.29. The van der Waals surface area contributed by atoms with Gasteiger partial charge in [-0.2, -0.15) is 4.31 Å². The highest BCUT2D eigenvalue weighted by atomic mass is 127. The summed E-state index contributed by atoms with van der Waals surface area (Å²) in [5, 5.41) is 6.73. The summed E-state index contributed by atoms with van der Waals surface area (Å²) in [5.74, 6) is 1.23. The summed E-state index contributed by atoms with van der Waals surface area (Å²) in [6, 6.07) is 19.0. The predicted molar refractivity (Wildman–Crippen MR) is 133 cm³/mol. The van der Waals surface area contributed by atoms with Gasteiger partial charge in [0.1, 0.15) is 0 Å². The van der Waals surface area contributed by atoms with Gasteiger partial charge in [-0.05, 0) is 42.9 Å². The van der Waals surface area contributed by atoms with Crippen LogP contribution in [0.1, 0.15) is 18.4 Å². The van der Waals surface area contributed by atoms with Crippen LogP contribution in [-0.4, -0.2) is 51.9 Å². The summed E-state index contributed by atoms with van der Waals surface area (Å²) in [6.45, 7) is 2.73. The number of guanidine groups is 1. The second-order valence-corrected chi connectivity index (χ2v) is 9.21. The van der Waals surface area contributed by atoms with E-state index in [4.69, 9.17) is 0 Å². The van der Waals surface area contributed by atoms with Gasteiger partial charge in [0.25, 0.3) is 0 Å². The Morgan fingerprint density at radius 1 is 1.00 bits per heavy atom. The number of benzene rings is 2. The van der Waals surface area contributed by atoms with Gasteiger partial charge in [0.15, 0.2) is 5.96 Å². The maximum absolute atomic E-state index is 12.7. The van der Waals surface area contributed by atoms with Gasteiger partial charge in [0.05, 0.1) is 4.90 Å². The van der Waals surface area contributed by atoms with Gasteiger partial charge < -0.3 is 10.6 Å². The van der Waals surface area contributed by atoms with E-state index in [1.54, 1.807) is 35.6 Å². The van der Waals surface area contributed by atoms with E-state index in [-0.39, 0.29) is 24.0 Å². The molecular weight excluding hydrogens is 511 g/mol. The van der Waals surface area contributed by atoms with Gasteiger partial charge in [0.2, 0.25) is 10.0 Å². The average Bonchev–Trinajstić information content (AvgIpc) is 2.77. The molecule has 1 saturated heterocycles. The molecule has 2 N–H and O–H groups in total. The molecule has 1 fully saturated rings. The Morgan fingerprint density at radius 2 is 1.60 bits per heavy atom. The molecular formula is C22H31IN4O2S. The fourth-order valence-corrected chi connectivity index (χ4v) is 5.02. The monoisotopic (exact) mass is 542 g/mol. The van der Waals surface area contributed by atoms with Crippen molar-refractivity contribution in [3.8, 4) is 0 Å². The van der Waals surface area contributed by atoms with E-state index in [0.29, 0.717) is 23.9 Å². The zero-order valence-corrected chi connectivity index (χ0v) is 20.5. The van der Waals surface area contributed by atoms with Crippen LogP contribution in [0, 0.1) is 5.92 Å². The quantitative estimate of drug-likeness (QED) is 0.321. The Bertz CT molecular complexity index is 884. The number of hydrogen-bond acceptors (Lipinski definition) is 3. The van der Waals surface area contributed by atoms with Crippen molar-refractivity contribution in [2.75, 3.05) is 33.2 Å². The molecule has 1 heterocycles. The second-order valence-electron chi connectivity index (χ2n) is 7.28. The lowest BCUT2D eigenvalue weighted by atomic mass is 9.98. The summed E-state index contributed by atoms with van der Waals surface area (Å²) >= 11 is 0. The van der Waals surface area contributed by atoms with Crippen molar-refractivity contribution in [1.82, 2.24) is 14.9 Å². The van der Waals surface area contributed by atoms with E-state index in [2.05, 4.69) is 27.8 Å². The van der Waals surface area contributed by atoms with Crippen LogP contribution in [0.2, 0.25) is 0 Å². The smallest absolute Gasteiger partial charge is 0.243 e. The summed E-state index contributed by atoms with van der Waals surface area (Å²) < 4.78 is 27.0. The Labute approximate surface area is 197 Å². The van der Waals surface area contributed by atoms with Crippen LogP contribution in [0.15, 0.2) is 70.6 Å². The Morgan fingerprint density at radius 3 is 2.20 bits per heavy atom. The van der Waals surface area contributed by atoms with Crippen molar-refractivity contribution in [3.63, 3.8) is 0 Å². The fraction of sp³-hybridized carbons (Fsp3) is 0.409. The summed E-state index contributed by atoms with van der Waals surface area (Å²) in [7, 11) is -1.61. The standard InChI is InChI=1S/C22H30N4O2S.HI/c1-23-22(24-15-12-19-8-4-2-5-9-19)25-18-20-13-16-26(17-14-20)29(27,28)21-10-6-3-7-11-21;/h2-11,20H,12-18H2,1H3,(H2,23,24,25);1H. The van der Waals surface area contributed by atoms with Crippen molar-refractivity contribution in [2.24, 2.45) is 10.9 Å². The molecule has 0 saturated carbocycles. The molecule has 0 amide bonds. The van der Waals surface area contributed by atoms with Gasteiger partial charge in [-0.25, -0.2) is 8.42 Å². The zero-order valence-electron chi connectivity index (χ0n) is 17.3. The van der Waals surface area contributed by atoms with Crippen molar-refractivity contribution in [2.45, 2.75) is 24.2 Å². The summed E-state index contributed by atoms with van der Waals surface area (Å²) in [5.41, 5.74) is 1.29. The van der Waals surface area contributed by atoms with Gasteiger partial charge in [-0.3, -0.25) is 4.99 Å². The molecule has 0 unspecified atom stereocenters. The first-order chi connectivity index (χ1) is 14.1. The van der Waals surface area contributed by atoms with E-state index in [0.717, 1.165) is 38.3 Å². The van der Waals surface area contributed by atoms with Crippen LogP contribution in [0.25, 0.3) is 0 Å². The van der Waals surface area contributed by atoms with Crippen molar-refractivity contribution in [3.05, 3.63) is 66.2 Å². The molecule has 0 aliphatic carbocycles.